The van der Waals surface area contributed by atoms with Crippen molar-refractivity contribution >= 4 is 5.97 Å². The van der Waals surface area contributed by atoms with Crippen LogP contribution in [0.5, 0.6) is 0 Å². The first-order valence-electron chi connectivity index (χ1n) is 6.67. The maximum Gasteiger partial charge on any atom is 0.322 e. The van der Waals surface area contributed by atoms with Gasteiger partial charge in [0.2, 0.25) is 0 Å². The number of ether oxygens (including phenoxy) is 2. The van der Waals surface area contributed by atoms with Crippen LogP contribution in [-0.2, 0) is 14.3 Å². The van der Waals surface area contributed by atoms with E-state index in [0.717, 1.165) is 25.8 Å². The van der Waals surface area contributed by atoms with Gasteiger partial charge in [-0.2, -0.15) is 0 Å². The average molecular weight is 243 g/mol. The summed E-state index contributed by atoms with van der Waals surface area (Å²) >= 11 is 0. The highest BCUT2D eigenvalue weighted by Crippen LogP contribution is 2.17. The van der Waals surface area contributed by atoms with Gasteiger partial charge in [-0.25, -0.2) is 0 Å². The molecular weight excluding hydrogens is 218 g/mol. The predicted octanol–water partition coefficient (Wildman–Crippen LogP) is 1.88. The van der Waals surface area contributed by atoms with Crippen molar-refractivity contribution in [3.63, 3.8) is 0 Å². The molecule has 1 fully saturated rings. The third kappa shape index (κ3) is 4.64. The minimum absolute atomic E-state index is 0.154. The summed E-state index contributed by atoms with van der Waals surface area (Å²) in [7, 11) is 1.42. The average Bonchev–Trinajstić information content (AvgIpc) is 2.81. The van der Waals surface area contributed by atoms with Crippen LogP contribution in [0.1, 0.15) is 46.0 Å². The predicted molar refractivity (Wildman–Crippen MR) is 66.9 cm³/mol. The molecule has 0 bridgehead atoms. The molecule has 4 nitrogen and oxygen atoms in total. The van der Waals surface area contributed by atoms with Gasteiger partial charge in [-0.1, -0.05) is 26.7 Å². The van der Waals surface area contributed by atoms with Gasteiger partial charge in [-0.15, -0.1) is 0 Å². The number of hydrogen-bond acceptors (Lipinski definition) is 4. The highest BCUT2D eigenvalue weighted by atomic mass is 16.5. The first-order valence-corrected chi connectivity index (χ1v) is 6.67. The lowest BCUT2D eigenvalue weighted by atomic mass is 10.1. The number of esters is 1. The summed E-state index contributed by atoms with van der Waals surface area (Å²) < 4.78 is 10.7. The summed E-state index contributed by atoms with van der Waals surface area (Å²) in [6.07, 6.45) is 5.78. The summed E-state index contributed by atoms with van der Waals surface area (Å²) in [5, 5.41) is 3.14. The highest BCUT2D eigenvalue weighted by Gasteiger charge is 2.31. The molecule has 1 rings (SSSR count). The number of hydrogen-bond donors (Lipinski definition) is 1. The molecule has 1 N–H and O–H groups in total. The van der Waals surface area contributed by atoms with Gasteiger partial charge in [0, 0.05) is 13.0 Å². The van der Waals surface area contributed by atoms with Crippen molar-refractivity contribution < 1.29 is 14.3 Å². The summed E-state index contributed by atoms with van der Waals surface area (Å²) in [6, 6.07) is -0.186. The van der Waals surface area contributed by atoms with Gasteiger partial charge in [0.1, 0.15) is 6.04 Å². The Morgan fingerprint density at radius 3 is 2.82 bits per heavy atom. The van der Waals surface area contributed by atoms with Crippen LogP contribution in [0.25, 0.3) is 0 Å². The van der Waals surface area contributed by atoms with E-state index in [9.17, 15) is 4.79 Å². The van der Waals surface area contributed by atoms with Gasteiger partial charge in [0.05, 0.1) is 19.3 Å². The molecule has 17 heavy (non-hydrogen) atoms. The zero-order valence-corrected chi connectivity index (χ0v) is 11.2. The Morgan fingerprint density at radius 1 is 1.47 bits per heavy atom. The maximum absolute atomic E-state index is 11.3. The molecule has 0 saturated carbocycles. The molecule has 1 aliphatic rings. The molecule has 0 aromatic carbocycles. The fourth-order valence-electron chi connectivity index (χ4n) is 2.20. The van der Waals surface area contributed by atoms with Gasteiger partial charge in [0.15, 0.2) is 0 Å². The largest absolute Gasteiger partial charge is 0.468 e. The van der Waals surface area contributed by atoms with E-state index in [-0.39, 0.29) is 18.1 Å². The van der Waals surface area contributed by atoms with E-state index in [4.69, 9.17) is 9.47 Å². The smallest absolute Gasteiger partial charge is 0.322 e. The van der Waals surface area contributed by atoms with Crippen molar-refractivity contribution in [2.24, 2.45) is 0 Å². The second kappa shape index (κ2) is 7.67. The molecule has 1 unspecified atom stereocenters. The van der Waals surface area contributed by atoms with Crippen LogP contribution in [0.3, 0.4) is 0 Å². The van der Waals surface area contributed by atoms with E-state index < -0.39 is 0 Å². The Bertz CT molecular complexity index is 233. The van der Waals surface area contributed by atoms with E-state index >= 15 is 0 Å². The highest BCUT2D eigenvalue weighted by molar-refractivity contribution is 5.76. The molecule has 1 aliphatic heterocycles. The molecule has 0 amide bonds. The number of unbranched alkanes of at least 4 members (excludes halogenated alkanes) is 1. The monoisotopic (exact) mass is 243 g/mol. The van der Waals surface area contributed by atoms with Gasteiger partial charge in [-0.3, -0.25) is 4.79 Å². The summed E-state index contributed by atoms with van der Waals surface area (Å²) in [4.78, 5) is 11.3. The normalized spacial score (nSPS) is 25.8. The summed E-state index contributed by atoms with van der Waals surface area (Å²) in [5.41, 5.74) is 0. The Hall–Kier alpha value is -0.610. The first kappa shape index (κ1) is 14.5. The fourth-order valence-corrected chi connectivity index (χ4v) is 2.20. The van der Waals surface area contributed by atoms with E-state index in [0.29, 0.717) is 6.10 Å². The van der Waals surface area contributed by atoms with Crippen molar-refractivity contribution in [2.75, 3.05) is 13.7 Å². The lowest BCUT2D eigenvalue weighted by molar-refractivity contribution is -0.143. The molecule has 0 aliphatic carbocycles. The van der Waals surface area contributed by atoms with Crippen LogP contribution in [0, 0.1) is 0 Å². The van der Waals surface area contributed by atoms with Gasteiger partial charge >= 0.3 is 5.97 Å². The van der Waals surface area contributed by atoms with Crippen molar-refractivity contribution in [3.05, 3.63) is 0 Å². The molecule has 4 heteroatoms. The molecule has 1 heterocycles. The minimum atomic E-state index is -0.186. The number of methoxy groups -OCH3 is 1. The fraction of sp³-hybridized carbons (Fsp3) is 0.923. The molecular formula is C13H25NO3. The van der Waals surface area contributed by atoms with E-state index in [2.05, 4.69) is 19.2 Å². The van der Waals surface area contributed by atoms with Crippen LogP contribution in [0.15, 0.2) is 0 Å². The van der Waals surface area contributed by atoms with Gasteiger partial charge in [0.25, 0.3) is 0 Å². The zero-order chi connectivity index (χ0) is 12.7. The molecule has 0 aromatic heterocycles. The Balaban J connectivity index is 2.30. The van der Waals surface area contributed by atoms with Crippen LogP contribution in [0.2, 0.25) is 0 Å². The molecule has 0 aromatic rings. The van der Waals surface area contributed by atoms with Crippen molar-refractivity contribution in [1.29, 1.82) is 0 Å². The summed E-state index contributed by atoms with van der Waals surface area (Å²) in [6.45, 7) is 5.10. The molecule has 0 radical (unpaired) electrons. The first-order chi connectivity index (χ1) is 8.21. The lowest BCUT2D eigenvalue weighted by Crippen LogP contribution is -2.31. The topological polar surface area (TPSA) is 47.6 Å². The van der Waals surface area contributed by atoms with Gasteiger partial charge < -0.3 is 14.8 Å². The van der Waals surface area contributed by atoms with Crippen LogP contribution < -0.4 is 5.32 Å². The Morgan fingerprint density at radius 2 is 2.24 bits per heavy atom. The van der Waals surface area contributed by atoms with E-state index in [1.54, 1.807) is 0 Å². The standard InChI is InChI=1S/C13H25NO3/c1-4-6-7-10(5-2)17-11-8-12(14-9-11)13(15)16-3/h10-12,14H,4-9H2,1-3H3/t10?,11-,12+/m1/s1. The van der Waals surface area contributed by atoms with Crippen molar-refractivity contribution in [2.45, 2.75) is 64.2 Å². The Kier molecular flexibility index (Phi) is 6.52. The minimum Gasteiger partial charge on any atom is -0.468 e. The van der Waals surface area contributed by atoms with Gasteiger partial charge in [-0.05, 0) is 12.8 Å². The number of rotatable bonds is 7. The molecule has 0 spiro atoms. The third-order valence-electron chi connectivity index (χ3n) is 3.30. The maximum atomic E-state index is 11.3. The zero-order valence-electron chi connectivity index (χ0n) is 11.2. The SMILES string of the molecule is CCCCC(CC)O[C@H]1CN[C@H](C(=O)OC)C1. The third-order valence-corrected chi connectivity index (χ3v) is 3.30. The molecule has 100 valence electrons. The summed E-state index contributed by atoms with van der Waals surface area (Å²) in [5.74, 6) is -0.183. The van der Waals surface area contributed by atoms with Crippen LogP contribution in [-0.4, -0.2) is 37.9 Å². The number of carbonyl (C=O) groups is 1. The van der Waals surface area contributed by atoms with Crippen LogP contribution in [0.4, 0.5) is 0 Å². The Labute approximate surface area is 104 Å². The van der Waals surface area contributed by atoms with Crippen molar-refractivity contribution in [3.8, 4) is 0 Å². The van der Waals surface area contributed by atoms with E-state index in [1.807, 2.05) is 0 Å². The second-order valence-corrected chi connectivity index (χ2v) is 4.65. The number of nitrogens with one attached hydrogen (secondary N) is 1. The van der Waals surface area contributed by atoms with E-state index in [1.165, 1.54) is 20.0 Å². The molecule has 1 saturated heterocycles. The van der Waals surface area contributed by atoms with Crippen LogP contribution >= 0.6 is 0 Å². The lowest BCUT2D eigenvalue weighted by Gasteiger charge is -2.20. The molecule has 3 atom stereocenters. The quantitative estimate of drug-likeness (QED) is 0.694. The second-order valence-electron chi connectivity index (χ2n) is 4.65. The number of carbonyl (C=O) groups excluding carboxylic acids is 1. The van der Waals surface area contributed by atoms with Crippen molar-refractivity contribution in [1.82, 2.24) is 5.32 Å².